The molecule has 1 aromatic rings. The molecule has 2 atom stereocenters. The Bertz CT molecular complexity index is 323. The smallest absolute Gasteiger partial charge is 0.180 e. The van der Waals surface area contributed by atoms with Crippen molar-refractivity contribution < 1.29 is 0 Å². The van der Waals surface area contributed by atoms with E-state index in [1.165, 1.54) is 24.3 Å². The number of hydrogen-bond acceptors (Lipinski definition) is 4. The summed E-state index contributed by atoms with van der Waals surface area (Å²) in [6.07, 6.45) is 2.37. The van der Waals surface area contributed by atoms with Gasteiger partial charge in [0.05, 0.1) is 5.69 Å². The molecule has 1 aliphatic heterocycles. The highest BCUT2D eigenvalue weighted by Crippen LogP contribution is 2.22. The number of anilines is 1. The molecule has 1 fully saturated rings. The highest BCUT2D eigenvalue weighted by atomic mass is 32.1. The first-order valence-electron chi connectivity index (χ1n) is 5.59. The van der Waals surface area contributed by atoms with Crippen molar-refractivity contribution in [3.63, 3.8) is 0 Å². The van der Waals surface area contributed by atoms with E-state index in [2.05, 4.69) is 29.1 Å². The summed E-state index contributed by atoms with van der Waals surface area (Å²) < 4.78 is 0. The fourth-order valence-electron chi connectivity index (χ4n) is 2.39. The third-order valence-electron chi connectivity index (χ3n) is 3.14. The quantitative estimate of drug-likeness (QED) is 0.855. The number of aromatic nitrogens is 1. The van der Waals surface area contributed by atoms with Crippen LogP contribution in [0.25, 0.3) is 0 Å². The van der Waals surface area contributed by atoms with Crippen LogP contribution in [0.5, 0.6) is 0 Å². The van der Waals surface area contributed by atoms with Crippen molar-refractivity contribution in [1.82, 2.24) is 9.88 Å². The molecule has 2 unspecified atom stereocenters. The van der Waals surface area contributed by atoms with E-state index in [1.54, 1.807) is 0 Å². The van der Waals surface area contributed by atoms with Gasteiger partial charge in [0.1, 0.15) is 0 Å². The predicted octanol–water partition coefficient (Wildman–Crippen LogP) is 2.00. The topological polar surface area (TPSA) is 42.1 Å². The van der Waals surface area contributed by atoms with Crippen molar-refractivity contribution in [1.29, 1.82) is 0 Å². The monoisotopic (exact) mass is 225 g/mol. The lowest BCUT2D eigenvalue weighted by Crippen LogP contribution is -2.29. The summed E-state index contributed by atoms with van der Waals surface area (Å²) in [7, 11) is 0. The highest BCUT2D eigenvalue weighted by Gasteiger charge is 2.25. The molecule has 15 heavy (non-hydrogen) atoms. The number of thiazole rings is 1. The Kier molecular flexibility index (Phi) is 3.26. The molecule has 1 saturated heterocycles. The maximum Gasteiger partial charge on any atom is 0.180 e. The molecule has 0 aliphatic carbocycles. The lowest BCUT2D eigenvalue weighted by atomic mass is 10.1. The highest BCUT2D eigenvalue weighted by molar-refractivity contribution is 7.13. The molecule has 2 heterocycles. The van der Waals surface area contributed by atoms with Gasteiger partial charge in [-0.3, -0.25) is 4.90 Å². The molecule has 0 bridgehead atoms. The Balaban J connectivity index is 1.83. The average Bonchev–Trinajstić information content (AvgIpc) is 2.70. The van der Waals surface area contributed by atoms with Gasteiger partial charge in [0.2, 0.25) is 0 Å². The molecule has 84 valence electrons. The van der Waals surface area contributed by atoms with Crippen LogP contribution in [0.1, 0.15) is 26.0 Å². The first-order chi connectivity index (χ1) is 7.15. The van der Waals surface area contributed by atoms with E-state index in [0.717, 1.165) is 30.6 Å². The molecule has 0 amide bonds. The second kappa shape index (κ2) is 4.49. The van der Waals surface area contributed by atoms with Crippen molar-refractivity contribution in [2.45, 2.75) is 32.7 Å². The summed E-state index contributed by atoms with van der Waals surface area (Å²) in [5.74, 6) is 0.848. The van der Waals surface area contributed by atoms with Crippen LogP contribution >= 0.6 is 11.3 Å². The van der Waals surface area contributed by atoms with Crippen LogP contribution in [0.2, 0.25) is 0 Å². The number of nitrogens with zero attached hydrogens (tertiary/aromatic N) is 2. The van der Waals surface area contributed by atoms with E-state index in [0.29, 0.717) is 5.13 Å². The molecule has 0 saturated carbocycles. The first-order valence-corrected chi connectivity index (χ1v) is 6.47. The van der Waals surface area contributed by atoms with Gasteiger partial charge in [0.15, 0.2) is 5.13 Å². The zero-order valence-electron chi connectivity index (χ0n) is 9.44. The van der Waals surface area contributed by atoms with Crippen molar-refractivity contribution in [3.8, 4) is 0 Å². The van der Waals surface area contributed by atoms with Gasteiger partial charge >= 0.3 is 0 Å². The summed E-state index contributed by atoms with van der Waals surface area (Å²) in [6.45, 7) is 7.01. The van der Waals surface area contributed by atoms with E-state index in [9.17, 15) is 0 Å². The molecule has 1 aliphatic rings. The van der Waals surface area contributed by atoms with E-state index in [1.807, 2.05) is 0 Å². The Morgan fingerprint density at radius 1 is 1.60 bits per heavy atom. The minimum absolute atomic E-state index is 0.688. The van der Waals surface area contributed by atoms with Crippen LogP contribution in [0.15, 0.2) is 5.38 Å². The van der Waals surface area contributed by atoms with Crippen LogP contribution in [-0.4, -0.2) is 29.0 Å². The number of hydrogen-bond donors (Lipinski definition) is 1. The Morgan fingerprint density at radius 2 is 2.40 bits per heavy atom. The summed E-state index contributed by atoms with van der Waals surface area (Å²) in [6, 6.07) is 0.732. The summed E-state index contributed by atoms with van der Waals surface area (Å²) >= 11 is 1.54. The minimum atomic E-state index is 0.688. The number of likely N-dealkylation sites (tertiary alicyclic amines) is 1. The molecule has 2 N–H and O–H groups in total. The Hall–Kier alpha value is -0.610. The molecule has 0 aromatic carbocycles. The van der Waals surface area contributed by atoms with Crippen molar-refractivity contribution in [2.75, 3.05) is 18.8 Å². The molecule has 3 nitrogen and oxygen atoms in total. The van der Waals surface area contributed by atoms with Gasteiger partial charge < -0.3 is 5.73 Å². The molecule has 0 radical (unpaired) electrons. The second-order valence-corrected chi connectivity index (χ2v) is 5.50. The third-order valence-corrected chi connectivity index (χ3v) is 3.86. The zero-order valence-corrected chi connectivity index (χ0v) is 10.3. The lowest BCUT2D eigenvalue weighted by Gasteiger charge is -2.20. The van der Waals surface area contributed by atoms with E-state index in [4.69, 9.17) is 5.73 Å². The average molecular weight is 225 g/mol. The van der Waals surface area contributed by atoms with Gasteiger partial charge in [0, 0.05) is 30.9 Å². The summed E-state index contributed by atoms with van der Waals surface area (Å²) in [4.78, 5) is 6.84. The molecule has 0 spiro atoms. The molecule has 2 rings (SSSR count). The van der Waals surface area contributed by atoms with Gasteiger partial charge in [-0.15, -0.1) is 11.3 Å². The maximum absolute atomic E-state index is 5.61. The van der Waals surface area contributed by atoms with E-state index >= 15 is 0 Å². The van der Waals surface area contributed by atoms with E-state index in [-0.39, 0.29) is 0 Å². The van der Waals surface area contributed by atoms with Gasteiger partial charge in [0.25, 0.3) is 0 Å². The van der Waals surface area contributed by atoms with Crippen molar-refractivity contribution >= 4 is 16.5 Å². The van der Waals surface area contributed by atoms with Gasteiger partial charge in [-0.25, -0.2) is 4.98 Å². The summed E-state index contributed by atoms with van der Waals surface area (Å²) in [5.41, 5.74) is 6.75. The third kappa shape index (κ3) is 2.69. The normalized spacial score (nSPS) is 27.3. The second-order valence-electron chi connectivity index (χ2n) is 4.61. The van der Waals surface area contributed by atoms with Crippen LogP contribution < -0.4 is 5.73 Å². The maximum atomic E-state index is 5.61. The zero-order chi connectivity index (χ0) is 10.8. The van der Waals surface area contributed by atoms with Crippen molar-refractivity contribution in [2.24, 2.45) is 5.92 Å². The summed E-state index contributed by atoms with van der Waals surface area (Å²) in [5, 5.41) is 2.76. The molecular weight excluding hydrogens is 206 g/mol. The van der Waals surface area contributed by atoms with Gasteiger partial charge in [-0.05, 0) is 19.3 Å². The number of nitrogen functional groups attached to an aromatic ring is 1. The number of rotatable bonds is 3. The molecular formula is C11H19N3S. The predicted molar refractivity (Wildman–Crippen MR) is 65.0 cm³/mol. The van der Waals surface area contributed by atoms with Crippen LogP contribution in [0.3, 0.4) is 0 Å². The minimum Gasteiger partial charge on any atom is -0.375 e. The standard InChI is InChI=1S/C11H19N3S/c1-8-5-9(2)14(6-8)4-3-10-7-15-11(12)13-10/h7-9H,3-6H2,1-2H3,(H2,12,13). The van der Waals surface area contributed by atoms with Crippen molar-refractivity contribution in [3.05, 3.63) is 11.1 Å². The van der Waals surface area contributed by atoms with Gasteiger partial charge in [-0.2, -0.15) is 0 Å². The van der Waals surface area contributed by atoms with Gasteiger partial charge in [-0.1, -0.05) is 6.92 Å². The van der Waals surface area contributed by atoms with Crippen LogP contribution in [0, 0.1) is 5.92 Å². The molecule has 1 aromatic heterocycles. The Labute approximate surface area is 95.3 Å². The molecule has 4 heteroatoms. The fourth-order valence-corrected chi connectivity index (χ4v) is 2.99. The fraction of sp³-hybridized carbons (Fsp3) is 0.727. The van der Waals surface area contributed by atoms with Crippen LogP contribution in [0.4, 0.5) is 5.13 Å². The Morgan fingerprint density at radius 3 is 2.93 bits per heavy atom. The SMILES string of the molecule is CC1CC(C)N(CCc2csc(N)n2)C1. The first kappa shape index (κ1) is 10.9. The number of nitrogens with two attached hydrogens (primary N) is 1. The van der Waals surface area contributed by atoms with E-state index < -0.39 is 0 Å². The lowest BCUT2D eigenvalue weighted by molar-refractivity contribution is 0.268. The van der Waals surface area contributed by atoms with Crippen LogP contribution in [-0.2, 0) is 6.42 Å². The largest absolute Gasteiger partial charge is 0.375 e.